The van der Waals surface area contributed by atoms with Gasteiger partial charge in [-0.15, -0.1) is 0 Å². The zero-order valence-corrected chi connectivity index (χ0v) is 20.6. The summed E-state index contributed by atoms with van der Waals surface area (Å²) in [5.41, 5.74) is 1.62. The SMILES string of the molecule is O=C(CCCCCNC(=O)c1ccc(O)c(-c2ccc(Cl)c(Cl)c2)c1)NCCN1CCOCC1. The van der Waals surface area contributed by atoms with Crippen molar-refractivity contribution in [2.24, 2.45) is 0 Å². The van der Waals surface area contributed by atoms with Crippen molar-refractivity contribution in [3.8, 4) is 16.9 Å². The van der Waals surface area contributed by atoms with Gasteiger partial charge in [0.05, 0.1) is 23.3 Å². The fraction of sp³-hybridized carbons (Fsp3) is 0.440. The third-order valence-corrected chi connectivity index (χ3v) is 6.45. The smallest absolute Gasteiger partial charge is 0.251 e. The molecule has 1 heterocycles. The van der Waals surface area contributed by atoms with E-state index in [1.165, 1.54) is 6.07 Å². The number of carbonyl (C=O) groups is 2. The molecule has 0 spiro atoms. The van der Waals surface area contributed by atoms with Gasteiger partial charge >= 0.3 is 0 Å². The number of amides is 2. The standard InChI is InChI=1S/C25H31Cl2N3O4/c26-21-7-5-18(17-22(21)27)20-16-19(6-8-23(20)31)25(33)29-9-3-1-2-4-24(32)28-10-11-30-12-14-34-15-13-30/h5-8,16-17,31H,1-4,9-15H2,(H,28,32)(H,29,33). The number of nitrogens with zero attached hydrogens (tertiary/aromatic N) is 1. The topological polar surface area (TPSA) is 90.9 Å². The van der Waals surface area contributed by atoms with Gasteiger partial charge in [0.1, 0.15) is 5.75 Å². The van der Waals surface area contributed by atoms with Crippen LogP contribution in [-0.2, 0) is 9.53 Å². The summed E-state index contributed by atoms with van der Waals surface area (Å²) in [7, 11) is 0. The van der Waals surface area contributed by atoms with E-state index < -0.39 is 0 Å². The number of hydrogen-bond donors (Lipinski definition) is 3. The van der Waals surface area contributed by atoms with Gasteiger partial charge in [-0.3, -0.25) is 14.5 Å². The number of benzene rings is 2. The Kier molecular flexibility index (Phi) is 10.5. The maximum atomic E-state index is 12.5. The number of morpholine rings is 1. The first-order chi connectivity index (χ1) is 16.4. The maximum absolute atomic E-state index is 12.5. The first-order valence-corrected chi connectivity index (χ1v) is 12.3. The number of aromatic hydroxyl groups is 1. The van der Waals surface area contributed by atoms with E-state index in [0.29, 0.717) is 46.2 Å². The average molecular weight is 508 g/mol. The number of phenolic OH excluding ortho intramolecular Hbond substituents is 1. The van der Waals surface area contributed by atoms with Crippen LogP contribution in [0.25, 0.3) is 11.1 Å². The number of hydrogen-bond acceptors (Lipinski definition) is 5. The average Bonchev–Trinajstić information content (AvgIpc) is 2.84. The molecule has 1 aliphatic heterocycles. The lowest BCUT2D eigenvalue weighted by Crippen LogP contribution is -2.41. The van der Waals surface area contributed by atoms with E-state index in [4.69, 9.17) is 27.9 Å². The van der Waals surface area contributed by atoms with Gasteiger partial charge in [-0.2, -0.15) is 0 Å². The van der Waals surface area contributed by atoms with Crippen molar-refractivity contribution in [2.75, 3.05) is 45.9 Å². The minimum absolute atomic E-state index is 0.0539. The Hall–Kier alpha value is -2.32. The molecule has 2 amide bonds. The molecule has 1 saturated heterocycles. The van der Waals surface area contributed by atoms with Crippen LogP contribution in [0.2, 0.25) is 10.0 Å². The molecule has 2 aromatic carbocycles. The Morgan fingerprint density at radius 1 is 0.941 bits per heavy atom. The Morgan fingerprint density at radius 3 is 2.50 bits per heavy atom. The van der Waals surface area contributed by atoms with Crippen LogP contribution in [0.3, 0.4) is 0 Å². The van der Waals surface area contributed by atoms with Crippen LogP contribution in [0.5, 0.6) is 5.75 Å². The second-order valence-electron chi connectivity index (χ2n) is 8.23. The number of carbonyl (C=O) groups excluding carboxylic acids is 2. The molecule has 7 nitrogen and oxygen atoms in total. The Bertz CT molecular complexity index is 981. The molecule has 3 rings (SSSR count). The zero-order chi connectivity index (χ0) is 24.3. The number of halogens is 2. The normalized spacial score (nSPS) is 14.1. The van der Waals surface area contributed by atoms with Crippen molar-refractivity contribution in [2.45, 2.75) is 25.7 Å². The minimum Gasteiger partial charge on any atom is -0.507 e. The molecule has 0 atom stereocenters. The van der Waals surface area contributed by atoms with Gasteiger partial charge in [-0.25, -0.2) is 0 Å². The summed E-state index contributed by atoms with van der Waals surface area (Å²) in [6, 6.07) is 9.74. The van der Waals surface area contributed by atoms with Crippen LogP contribution in [0.15, 0.2) is 36.4 Å². The number of nitrogens with one attached hydrogen (secondary N) is 2. The van der Waals surface area contributed by atoms with Crippen LogP contribution in [0.1, 0.15) is 36.0 Å². The van der Waals surface area contributed by atoms with Crippen molar-refractivity contribution in [1.82, 2.24) is 15.5 Å². The molecule has 34 heavy (non-hydrogen) atoms. The molecule has 1 aliphatic rings. The van der Waals surface area contributed by atoms with Crippen molar-refractivity contribution in [3.05, 3.63) is 52.0 Å². The molecule has 0 bridgehead atoms. The Morgan fingerprint density at radius 2 is 1.74 bits per heavy atom. The molecule has 9 heteroatoms. The number of phenols is 1. The predicted octanol–water partition coefficient (Wildman–Crippen LogP) is 4.10. The molecular weight excluding hydrogens is 477 g/mol. The number of unbranched alkanes of at least 4 members (excludes halogenated alkanes) is 2. The van der Waals surface area contributed by atoms with Crippen molar-refractivity contribution < 1.29 is 19.4 Å². The van der Waals surface area contributed by atoms with Crippen LogP contribution in [0.4, 0.5) is 0 Å². The maximum Gasteiger partial charge on any atom is 0.251 e. The van der Waals surface area contributed by atoms with Crippen molar-refractivity contribution in [3.63, 3.8) is 0 Å². The Balaban J connectivity index is 1.34. The highest BCUT2D eigenvalue weighted by atomic mass is 35.5. The first-order valence-electron chi connectivity index (χ1n) is 11.6. The zero-order valence-electron chi connectivity index (χ0n) is 19.1. The van der Waals surface area contributed by atoms with E-state index in [1.807, 2.05) is 0 Å². The molecule has 0 aliphatic carbocycles. The van der Waals surface area contributed by atoms with Crippen LogP contribution in [0, 0.1) is 0 Å². The van der Waals surface area contributed by atoms with E-state index in [2.05, 4.69) is 15.5 Å². The molecule has 0 saturated carbocycles. The lowest BCUT2D eigenvalue weighted by molar-refractivity contribution is -0.121. The second kappa shape index (κ2) is 13.5. The van der Waals surface area contributed by atoms with Gasteiger partial charge in [0, 0.05) is 50.3 Å². The summed E-state index contributed by atoms with van der Waals surface area (Å²) < 4.78 is 5.31. The van der Waals surface area contributed by atoms with Crippen molar-refractivity contribution >= 4 is 35.0 Å². The van der Waals surface area contributed by atoms with E-state index in [1.54, 1.807) is 30.3 Å². The van der Waals surface area contributed by atoms with E-state index in [0.717, 1.165) is 52.1 Å². The van der Waals surface area contributed by atoms with Crippen LogP contribution < -0.4 is 10.6 Å². The largest absolute Gasteiger partial charge is 0.507 e. The second-order valence-corrected chi connectivity index (χ2v) is 9.05. The molecule has 0 unspecified atom stereocenters. The van der Waals surface area contributed by atoms with Crippen LogP contribution >= 0.6 is 23.2 Å². The number of rotatable bonds is 11. The van der Waals surface area contributed by atoms with Crippen LogP contribution in [-0.4, -0.2) is 67.8 Å². The monoisotopic (exact) mass is 507 g/mol. The molecule has 2 aromatic rings. The van der Waals surface area contributed by atoms with E-state index in [9.17, 15) is 14.7 Å². The van der Waals surface area contributed by atoms with E-state index >= 15 is 0 Å². The summed E-state index contributed by atoms with van der Waals surface area (Å²) in [5.74, 6) is -0.100. The summed E-state index contributed by atoms with van der Waals surface area (Å²) in [6.07, 6.45) is 2.90. The minimum atomic E-state index is -0.220. The quantitative estimate of drug-likeness (QED) is 0.398. The summed E-state index contributed by atoms with van der Waals surface area (Å²) in [6.45, 7) is 5.38. The number of ether oxygens (including phenoxy) is 1. The van der Waals surface area contributed by atoms with Gasteiger partial charge in [-0.1, -0.05) is 35.7 Å². The molecule has 184 valence electrons. The molecule has 1 fully saturated rings. The fourth-order valence-electron chi connectivity index (χ4n) is 3.73. The van der Waals surface area contributed by atoms with Gasteiger partial charge in [0.25, 0.3) is 5.91 Å². The summed E-state index contributed by atoms with van der Waals surface area (Å²) in [5, 5.41) is 16.9. The molecule has 0 aromatic heterocycles. The predicted molar refractivity (Wildman–Crippen MR) is 135 cm³/mol. The fourth-order valence-corrected chi connectivity index (χ4v) is 4.03. The highest BCUT2D eigenvalue weighted by Gasteiger charge is 2.12. The highest BCUT2D eigenvalue weighted by molar-refractivity contribution is 6.42. The summed E-state index contributed by atoms with van der Waals surface area (Å²) >= 11 is 12.0. The van der Waals surface area contributed by atoms with Gasteiger partial charge in [-0.05, 0) is 48.7 Å². The highest BCUT2D eigenvalue weighted by Crippen LogP contribution is 2.34. The molecular formula is C25H31Cl2N3O4. The molecule has 3 N–H and O–H groups in total. The summed E-state index contributed by atoms with van der Waals surface area (Å²) in [4.78, 5) is 26.8. The van der Waals surface area contributed by atoms with Gasteiger partial charge in [0.15, 0.2) is 0 Å². The Labute approximate surface area is 210 Å². The lowest BCUT2D eigenvalue weighted by atomic mass is 10.0. The van der Waals surface area contributed by atoms with E-state index in [-0.39, 0.29) is 17.6 Å². The van der Waals surface area contributed by atoms with Gasteiger partial charge < -0.3 is 20.5 Å². The first kappa shape index (κ1) is 26.3. The van der Waals surface area contributed by atoms with Gasteiger partial charge in [0.2, 0.25) is 5.91 Å². The molecule has 0 radical (unpaired) electrons. The van der Waals surface area contributed by atoms with Crippen molar-refractivity contribution in [1.29, 1.82) is 0 Å². The third-order valence-electron chi connectivity index (χ3n) is 5.71. The lowest BCUT2D eigenvalue weighted by Gasteiger charge is -2.26. The third kappa shape index (κ3) is 8.17.